The Balaban J connectivity index is 2.55. The summed E-state index contributed by atoms with van der Waals surface area (Å²) in [6.45, 7) is 0.132. The SMILES string of the molecule is N#CC(N)COc1cccc(CO)c1. The van der Waals surface area contributed by atoms with Crippen LogP contribution in [-0.4, -0.2) is 17.8 Å². The minimum Gasteiger partial charge on any atom is -0.491 e. The van der Waals surface area contributed by atoms with Crippen molar-refractivity contribution < 1.29 is 9.84 Å². The fourth-order valence-corrected chi connectivity index (χ4v) is 0.957. The third kappa shape index (κ3) is 3.05. The number of nitrogens with two attached hydrogens (primary N) is 1. The molecule has 0 saturated heterocycles. The fraction of sp³-hybridized carbons (Fsp3) is 0.300. The number of nitriles is 1. The lowest BCUT2D eigenvalue weighted by atomic mass is 10.2. The summed E-state index contributed by atoms with van der Waals surface area (Å²) in [4.78, 5) is 0. The van der Waals surface area contributed by atoms with Crippen molar-refractivity contribution in [3.05, 3.63) is 29.8 Å². The summed E-state index contributed by atoms with van der Waals surface area (Å²) in [5, 5.41) is 17.3. The first-order valence-electron chi connectivity index (χ1n) is 4.24. The molecule has 0 spiro atoms. The van der Waals surface area contributed by atoms with Gasteiger partial charge in [-0.3, -0.25) is 0 Å². The first-order chi connectivity index (χ1) is 6.76. The molecule has 0 bridgehead atoms. The van der Waals surface area contributed by atoms with Gasteiger partial charge in [-0.05, 0) is 17.7 Å². The smallest absolute Gasteiger partial charge is 0.127 e. The minimum absolute atomic E-state index is 0.0263. The normalized spacial score (nSPS) is 11.8. The Morgan fingerprint density at radius 2 is 2.36 bits per heavy atom. The predicted molar refractivity (Wildman–Crippen MR) is 51.4 cm³/mol. The van der Waals surface area contributed by atoms with Crippen molar-refractivity contribution in [2.75, 3.05) is 6.61 Å². The van der Waals surface area contributed by atoms with E-state index in [0.29, 0.717) is 5.75 Å². The highest BCUT2D eigenvalue weighted by molar-refractivity contribution is 5.28. The number of aliphatic hydroxyl groups is 1. The van der Waals surface area contributed by atoms with E-state index >= 15 is 0 Å². The predicted octanol–water partition coefficient (Wildman–Crippen LogP) is 0.409. The van der Waals surface area contributed by atoms with Gasteiger partial charge in [0.2, 0.25) is 0 Å². The molecule has 1 atom stereocenters. The second-order valence-electron chi connectivity index (χ2n) is 2.85. The molecule has 3 N–H and O–H groups in total. The third-order valence-electron chi connectivity index (χ3n) is 1.68. The first kappa shape index (κ1) is 10.5. The van der Waals surface area contributed by atoms with Crippen molar-refractivity contribution in [1.82, 2.24) is 0 Å². The molecule has 74 valence electrons. The van der Waals surface area contributed by atoms with Crippen LogP contribution in [0.3, 0.4) is 0 Å². The first-order valence-corrected chi connectivity index (χ1v) is 4.24. The molecule has 0 aliphatic heterocycles. The van der Waals surface area contributed by atoms with E-state index in [-0.39, 0.29) is 13.2 Å². The minimum atomic E-state index is -0.618. The molecule has 0 fully saturated rings. The standard InChI is InChI=1S/C10H12N2O2/c11-5-9(12)7-14-10-3-1-2-8(4-10)6-13/h1-4,9,13H,6-7,12H2. The van der Waals surface area contributed by atoms with Crippen molar-refractivity contribution in [3.8, 4) is 11.8 Å². The highest BCUT2D eigenvalue weighted by Crippen LogP contribution is 2.13. The maximum atomic E-state index is 8.85. The van der Waals surface area contributed by atoms with Gasteiger partial charge in [-0.1, -0.05) is 12.1 Å². The van der Waals surface area contributed by atoms with E-state index in [0.717, 1.165) is 5.56 Å². The lowest BCUT2D eigenvalue weighted by molar-refractivity contribution is 0.278. The van der Waals surface area contributed by atoms with E-state index in [1.807, 2.05) is 6.07 Å². The molecule has 1 aromatic rings. The molecular weight excluding hydrogens is 180 g/mol. The van der Waals surface area contributed by atoms with E-state index in [1.54, 1.807) is 24.3 Å². The summed E-state index contributed by atoms with van der Waals surface area (Å²) in [7, 11) is 0. The van der Waals surface area contributed by atoms with Gasteiger partial charge in [-0.25, -0.2) is 0 Å². The Kier molecular flexibility index (Phi) is 3.92. The molecule has 0 aliphatic rings. The average molecular weight is 192 g/mol. The number of hydrogen-bond acceptors (Lipinski definition) is 4. The second-order valence-corrected chi connectivity index (χ2v) is 2.85. The van der Waals surface area contributed by atoms with Gasteiger partial charge in [0.05, 0.1) is 12.7 Å². The number of nitrogens with zero attached hydrogens (tertiary/aromatic N) is 1. The Morgan fingerprint density at radius 1 is 1.57 bits per heavy atom. The van der Waals surface area contributed by atoms with Crippen LogP contribution in [0.1, 0.15) is 5.56 Å². The van der Waals surface area contributed by atoms with Gasteiger partial charge < -0.3 is 15.6 Å². The zero-order valence-electron chi connectivity index (χ0n) is 7.68. The van der Waals surface area contributed by atoms with Gasteiger partial charge >= 0.3 is 0 Å². The maximum absolute atomic E-state index is 8.85. The molecule has 1 rings (SSSR count). The van der Waals surface area contributed by atoms with E-state index in [2.05, 4.69) is 0 Å². The Hall–Kier alpha value is -1.57. The van der Waals surface area contributed by atoms with E-state index in [1.165, 1.54) is 0 Å². The van der Waals surface area contributed by atoms with Crippen LogP contribution in [0.25, 0.3) is 0 Å². The third-order valence-corrected chi connectivity index (χ3v) is 1.68. The summed E-state index contributed by atoms with van der Waals surface area (Å²) in [6.07, 6.45) is 0. The number of rotatable bonds is 4. The molecule has 4 nitrogen and oxygen atoms in total. The van der Waals surface area contributed by atoms with Gasteiger partial charge in [0.25, 0.3) is 0 Å². The van der Waals surface area contributed by atoms with Crippen LogP contribution < -0.4 is 10.5 Å². The monoisotopic (exact) mass is 192 g/mol. The molecule has 0 saturated carbocycles. The van der Waals surface area contributed by atoms with Gasteiger partial charge in [-0.2, -0.15) is 5.26 Å². The number of hydrogen-bond donors (Lipinski definition) is 2. The van der Waals surface area contributed by atoms with Crippen LogP contribution in [0, 0.1) is 11.3 Å². The van der Waals surface area contributed by atoms with Crippen LogP contribution in [-0.2, 0) is 6.61 Å². The zero-order chi connectivity index (χ0) is 10.4. The lowest BCUT2D eigenvalue weighted by Gasteiger charge is -2.07. The van der Waals surface area contributed by atoms with Crippen LogP contribution in [0.4, 0.5) is 0 Å². The van der Waals surface area contributed by atoms with Crippen LogP contribution in [0.15, 0.2) is 24.3 Å². The van der Waals surface area contributed by atoms with Crippen LogP contribution in [0.2, 0.25) is 0 Å². The van der Waals surface area contributed by atoms with E-state index < -0.39 is 6.04 Å². The Morgan fingerprint density at radius 3 is 3.00 bits per heavy atom. The van der Waals surface area contributed by atoms with Gasteiger partial charge in [0, 0.05) is 0 Å². The summed E-state index contributed by atoms with van der Waals surface area (Å²) in [5.41, 5.74) is 6.13. The fourth-order valence-electron chi connectivity index (χ4n) is 0.957. The number of aliphatic hydroxyl groups excluding tert-OH is 1. The summed E-state index contributed by atoms with van der Waals surface area (Å²) < 4.78 is 5.24. The largest absolute Gasteiger partial charge is 0.491 e. The van der Waals surface area contributed by atoms with Gasteiger partial charge in [-0.15, -0.1) is 0 Å². The van der Waals surface area contributed by atoms with Crippen molar-refractivity contribution in [3.63, 3.8) is 0 Å². The van der Waals surface area contributed by atoms with Crippen molar-refractivity contribution >= 4 is 0 Å². The highest BCUT2D eigenvalue weighted by atomic mass is 16.5. The van der Waals surface area contributed by atoms with Gasteiger partial charge in [0.15, 0.2) is 0 Å². The van der Waals surface area contributed by atoms with Crippen LogP contribution >= 0.6 is 0 Å². The van der Waals surface area contributed by atoms with Crippen LogP contribution in [0.5, 0.6) is 5.75 Å². The molecule has 0 heterocycles. The highest BCUT2D eigenvalue weighted by Gasteiger charge is 2.01. The average Bonchev–Trinajstić information content (AvgIpc) is 2.26. The molecule has 1 unspecified atom stereocenters. The summed E-state index contributed by atoms with van der Waals surface area (Å²) in [5.74, 6) is 0.613. The van der Waals surface area contributed by atoms with Crippen molar-refractivity contribution in [2.24, 2.45) is 5.73 Å². The van der Waals surface area contributed by atoms with E-state index in [4.69, 9.17) is 20.8 Å². The maximum Gasteiger partial charge on any atom is 0.127 e. The number of benzene rings is 1. The van der Waals surface area contributed by atoms with Gasteiger partial charge in [0.1, 0.15) is 18.4 Å². The van der Waals surface area contributed by atoms with Crippen molar-refractivity contribution in [1.29, 1.82) is 5.26 Å². The van der Waals surface area contributed by atoms with E-state index in [9.17, 15) is 0 Å². The Bertz CT molecular complexity index is 333. The Labute approximate surface area is 82.5 Å². The molecule has 1 aromatic carbocycles. The molecule has 0 aromatic heterocycles. The summed E-state index contributed by atoms with van der Waals surface area (Å²) in [6, 6.07) is 8.28. The topological polar surface area (TPSA) is 79.3 Å². The molecular formula is C10H12N2O2. The number of ether oxygens (including phenoxy) is 1. The summed E-state index contributed by atoms with van der Waals surface area (Å²) >= 11 is 0. The molecule has 0 amide bonds. The molecule has 4 heteroatoms. The second kappa shape index (κ2) is 5.22. The zero-order valence-corrected chi connectivity index (χ0v) is 7.68. The quantitative estimate of drug-likeness (QED) is 0.724. The molecule has 14 heavy (non-hydrogen) atoms. The molecule has 0 radical (unpaired) electrons. The lowest BCUT2D eigenvalue weighted by Crippen LogP contribution is -2.25. The van der Waals surface area contributed by atoms with Crippen molar-refractivity contribution in [2.45, 2.75) is 12.6 Å². The molecule has 0 aliphatic carbocycles.